The van der Waals surface area contributed by atoms with E-state index >= 15 is 0 Å². The van der Waals surface area contributed by atoms with Crippen LogP contribution in [0.4, 0.5) is 17.6 Å². The average Bonchev–Trinajstić information content (AvgIpc) is 3.01. The number of aromatic nitrogens is 1. The molecule has 2 rings (SSSR count). The smallest absolute Gasteiger partial charge is 0.298 e. The number of thiazole rings is 1. The van der Waals surface area contributed by atoms with Crippen LogP contribution in [0.5, 0.6) is 0 Å². The van der Waals surface area contributed by atoms with Crippen LogP contribution in [0.1, 0.15) is 6.42 Å². The number of rotatable bonds is 8. The van der Waals surface area contributed by atoms with Crippen LogP contribution < -0.4 is 4.72 Å². The molecular weight excluding hydrogens is 394 g/mol. The molecule has 2 aromatic rings. The summed E-state index contributed by atoms with van der Waals surface area (Å²) in [6, 6.07) is 5.49. The topological polar surface area (TPSA) is 62.3 Å². The van der Waals surface area contributed by atoms with Crippen LogP contribution in [0, 0.1) is 5.82 Å². The van der Waals surface area contributed by atoms with Crippen molar-refractivity contribution in [1.29, 1.82) is 0 Å². The average molecular weight is 411 g/mol. The van der Waals surface area contributed by atoms with Crippen LogP contribution in [-0.2, 0) is 10.0 Å². The van der Waals surface area contributed by atoms with Gasteiger partial charge in [0.15, 0.2) is 5.03 Å². The van der Waals surface area contributed by atoms with Gasteiger partial charge in [-0.1, -0.05) is 0 Å². The number of nitrogens with one attached hydrogen (secondary N) is 1. The molecule has 1 aromatic carbocycles. The molecule has 26 heavy (non-hydrogen) atoms. The largest absolute Gasteiger partial charge is 0.401 e. The summed E-state index contributed by atoms with van der Waals surface area (Å²) in [5.74, 6) is -0.407. The lowest BCUT2D eigenvalue weighted by Gasteiger charge is -2.18. The Kier molecular flexibility index (Phi) is 6.72. The highest BCUT2D eigenvalue weighted by molar-refractivity contribution is 7.89. The Labute approximate surface area is 152 Å². The van der Waals surface area contributed by atoms with E-state index in [1.54, 1.807) is 0 Å². The van der Waals surface area contributed by atoms with Crippen LogP contribution >= 0.6 is 11.3 Å². The van der Waals surface area contributed by atoms with Gasteiger partial charge in [0.2, 0.25) is 0 Å². The number of nitrogens with zero attached hydrogens (tertiary/aromatic N) is 2. The molecule has 0 unspecified atom stereocenters. The van der Waals surface area contributed by atoms with E-state index in [1.165, 1.54) is 36.7 Å². The van der Waals surface area contributed by atoms with Crippen molar-refractivity contribution < 1.29 is 26.0 Å². The van der Waals surface area contributed by atoms with Crippen molar-refractivity contribution in [3.05, 3.63) is 35.5 Å². The zero-order valence-corrected chi connectivity index (χ0v) is 15.4. The standard InChI is InChI=1S/C15H17F4N3O2S2/c1-22(10-15(17,18)19)8-2-7-20-26(23,24)13-9-25-14(21-13)11-3-5-12(16)6-4-11/h3-6,9,20H,2,7-8,10H2,1H3. The quantitative estimate of drug-likeness (QED) is 0.536. The monoisotopic (exact) mass is 411 g/mol. The van der Waals surface area contributed by atoms with Gasteiger partial charge in [-0.3, -0.25) is 4.90 Å². The second-order valence-corrected chi connectivity index (χ2v) is 8.17. The van der Waals surface area contributed by atoms with Gasteiger partial charge in [-0.25, -0.2) is 22.5 Å². The van der Waals surface area contributed by atoms with E-state index in [4.69, 9.17) is 0 Å². The fraction of sp³-hybridized carbons (Fsp3) is 0.400. The fourth-order valence-corrected chi connectivity index (χ4v) is 4.29. The van der Waals surface area contributed by atoms with E-state index in [-0.39, 0.29) is 24.5 Å². The zero-order valence-electron chi connectivity index (χ0n) is 13.8. The summed E-state index contributed by atoms with van der Waals surface area (Å²) in [5.41, 5.74) is 0.589. The second kappa shape index (κ2) is 8.42. The van der Waals surface area contributed by atoms with Gasteiger partial charge < -0.3 is 0 Å². The van der Waals surface area contributed by atoms with Gasteiger partial charge >= 0.3 is 6.18 Å². The van der Waals surface area contributed by atoms with Crippen molar-refractivity contribution in [2.75, 3.05) is 26.7 Å². The van der Waals surface area contributed by atoms with Gasteiger partial charge in [-0.2, -0.15) is 13.2 Å². The first-order chi connectivity index (χ1) is 12.1. The fourth-order valence-electron chi connectivity index (χ4n) is 2.12. The molecule has 0 spiro atoms. The number of sulfonamides is 1. The van der Waals surface area contributed by atoms with Crippen molar-refractivity contribution >= 4 is 21.4 Å². The minimum absolute atomic E-state index is 0.00601. The third-order valence-electron chi connectivity index (χ3n) is 3.31. The van der Waals surface area contributed by atoms with Gasteiger partial charge in [-0.05, 0) is 44.3 Å². The van der Waals surface area contributed by atoms with E-state index in [2.05, 4.69) is 9.71 Å². The van der Waals surface area contributed by atoms with Gasteiger partial charge in [0.1, 0.15) is 10.8 Å². The van der Waals surface area contributed by atoms with Crippen LogP contribution in [-0.4, -0.2) is 51.2 Å². The molecule has 1 aromatic heterocycles. The third kappa shape index (κ3) is 6.31. The molecule has 0 amide bonds. The maximum Gasteiger partial charge on any atom is 0.401 e. The molecule has 0 saturated carbocycles. The Morgan fingerprint density at radius 1 is 1.23 bits per heavy atom. The number of alkyl halides is 3. The summed E-state index contributed by atoms with van der Waals surface area (Å²) in [4.78, 5) is 5.10. The molecule has 0 fully saturated rings. The molecule has 1 heterocycles. The van der Waals surface area contributed by atoms with Crippen LogP contribution in [0.2, 0.25) is 0 Å². The Morgan fingerprint density at radius 3 is 2.50 bits per heavy atom. The molecule has 0 atom stereocenters. The highest BCUT2D eigenvalue weighted by atomic mass is 32.2. The van der Waals surface area contributed by atoms with Gasteiger partial charge in [0, 0.05) is 17.5 Å². The van der Waals surface area contributed by atoms with E-state index in [1.807, 2.05) is 0 Å². The van der Waals surface area contributed by atoms with E-state index in [0.717, 1.165) is 16.2 Å². The van der Waals surface area contributed by atoms with E-state index < -0.39 is 28.6 Å². The molecule has 0 aliphatic heterocycles. The highest BCUT2D eigenvalue weighted by Crippen LogP contribution is 2.25. The van der Waals surface area contributed by atoms with Crippen molar-refractivity contribution in [3.63, 3.8) is 0 Å². The molecule has 0 saturated heterocycles. The molecule has 0 aliphatic rings. The van der Waals surface area contributed by atoms with Crippen molar-refractivity contribution in [2.24, 2.45) is 0 Å². The summed E-state index contributed by atoms with van der Waals surface area (Å²) in [5, 5.41) is 1.61. The maximum atomic E-state index is 12.9. The lowest BCUT2D eigenvalue weighted by molar-refractivity contribution is -0.143. The SMILES string of the molecule is CN(CCCNS(=O)(=O)c1csc(-c2ccc(F)cc2)n1)CC(F)(F)F. The summed E-state index contributed by atoms with van der Waals surface area (Å²) < 4.78 is 76.2. The third-order valence-corrected chi connectivity index (χ3v) is 5.69. The molecule has 0 aliphatic carbocycles. The molecule has 0 radical (unpaired) electrons. The maximum absolute atomic E-state index is 12.9. The van der Waals surface area contributed by atoms with Crippen molar-refractivity contribution in [3.8, 4) is 10.6 Å². The predicted octanol–water partition coefficient (Wildman–Crippen LogP) is 3.11. The minimum atomic E-state index is -4.29. The molecular formula is C15H17F4N3O2S2. The number of benzene rings is 1. The Balaban J connectivity index is 1.89. The lowest BCUT2D eigenvalue weighted by Crippen LogP contribution is -2.33. The number of halogens is 4. The first-order valence-corrected chi connectivity index (χ1v) is 9.89. The number of hydrogen-bond donors (Lipinski definition) is 1. The summed E-state index contributed by atoms with van der Waals surface area (Å²) in [6.07, 6.45) is -4.06. The molecule has 0 bridgehead atoms. The normalized spacial score (nSPS) is 12.7. The Hall–Kier alpha value is -1.56. The summed E-state index contributed by atoms with van der Waals surface area (Å²) in [7, 11) is -2.54. The summed E-state index contributed by atoms with van der Waals surface area (Å²) in [6.45, 7) is -0.958. The molecule has 144 valence electrons. The first kappa shape index (κ1) is 20.7. The van der Waals surface area contributed by atoms with Crippen molar-refractivity contribution in [2.45, 2.75) is 17.6 Å². The second-order valence-electron chi connectivity index (χ2n) is 5.60. The highest BCUT2D eigenvalue weighted by Gasteiger charge is 2.28. The molecule has 5 nitrogen and oxygen atoms in total. The minimum Gasteiger partial charge on any atom is -0.298 e. The Bertz CT molecular complexity index is 820. The van der Waals surface area contributed by atoms with Gasteiger partial charge in [-0.15, -0.1) is 11.3 Å². The first-order valence-electron chi connectivity index (χ1n) is 7.53. The van der Waals surface area contributed by atoms with E-state index in [9.17, 15) is 26.0 Å². The predicted molar refractivity (Wildman–Crippen MR) is 90.9 cm³/mol. The van der Waals surface area contributed by atoms with Crippen LogP contribution in [0.3, 0.4) is 0 Å². The van der Waals surface area contributed by atoms with Crippen LogP contribution in [0.15, 0.2) is 34.7 Å². The summed E-state index contributed by atoms with van der Waals surface area (Å²) >= 11 is 1.10. The Morgan fingerprint density at radius 2 is 1.88 bits per heavy atom. The molecule has 11 heteroatoms. The van der Waals surface area contributed by atoms with Gasteiger partial charge in [0.25, 0.3) is 10.0 Å². The van der Waals surface area contributed by atoms with Crippen LogP contribution in [0.25, 0.3) is 10.6 Å². The van der Waals surface area contributed by atoms with Gasteiger partial charge in [0.05, 0.1) is 6.54 Å². The van der Waals surface area contributed by atoms with E-state index in [0.29, 0.717) is 10.6 Å². The number of hydrogen-bond acceptors (Lipinski definition) is 5. The zero-order chi connectivity index (χ0) is 19.4. The van der Waals surface area contributed by atoms with Crippen molar-refractivity contribution in [1.82, 2.24) is 14.6 Å². The lowest BCUT2D eigenvalue weighted by atomic mass is 10.2. The molecule has 1 N–H and O–H groups in total.